The Hall–Kier alpha value is -2.94. The summed E-state index contributed by atoms with van der Waals surface area (Å²) < 4.78 is 28.4. The van der Waals surface area contributed by atoms with Crippen LogP contribution >= 0.6 is 11.6 Å². The second-order valence-corrected chi connectivity index (χ2v) is 9.47. The van der Waals surface area contributed by atoms with Gasteiger partial charge < -0.3 is 5.32 Å². The minimum absolute atomic E-state index is 0.00667. The molecule has 3 rings (SSSR count). The van der Waals surface area contributed by atoms with E-state index in [2.05, 4.69) is 15.1 Å². The summed E-state index contributed by atoms with van der Waals surface area (Å²) in [4.78, 5) is 12.1. The van der Waals surface area contributed by atoms with Gasteiger partial charge in [0.25, 0.3) is 0 Å². The summed E-state index contributed by atoms with van der Waals surface area (Å²) in [5, 5.41) is 7.45. The Bertz CT molecular complexity index is 1180. The summed E-state index contributed by atoms with van der Waals surface area (Å²) in [7, 11) is -3.51. The van der Waals surface area contributed by atoms with E-state index in [1.165, 1.54) is 6.08 Å². The molecule has 168 valence electrons. The van der Waals surface area contributed by atoms with Crippen molar-refractivity contribution >= 4 is 33.6 Å². The number of halogens is 1. The maximum Gasteiger partial charge on any atom is 0.244 e. The highest BCUT2D eigenvalue weighted by molar-refractivity contribution is 7.89. The first kappa shape index (κ1) is 23.7. The van der Waals surface area contributed by atoms with Crippen LogP contribution in [0.25, 0.3) is 6.08 Å². The van der Waals surface area contributed by atoms with Gasteiger partial charge in [0.1, 0.15) is 5.15 Å². The molecule has 0 saturated carbocycles. The zero-order valence-corrected chi connectivity index (χ0v) is 19.2. The van der Waals surface area contributed by atoms with Crippen molar-refractivity contribution in [3.63, 3.8) is 0 Å². The number of aryl methyl sites for hydroxylation is 1. The number of nitrogens with zero attached hydrogens (tertiary/aromatic N) is 2. The summed E-state index contributed by atoms with van der Waals surface area (Å²) in [6.45, 7) is 2.54. The largest absolute Gasteiger partial charge is 0.351 e. The predicted octanol–water partition coefficient (Wildman–Crippen LogP) is 3.14. The summed E-state index contributed by atoms with van der Waals surface area (Å²) >= 11 is 6.44. The third-order valence-electron chi connectivity index (χ3n) is 4.69. The van der Waals surface area contributed by atoms with Crippen LogP contribution in [-0.4, -0.2) is 36.4 Å². The second-order valence-electron chi connectivity index (χ2n) is 7.18. The van der Waals surface area contributed by atoms with Crippen molar-refractivity contribution in [2.75, 3.05) is 12.3 Å². The van der Waals surface area contributed by atoms with Crippen LogP contribution in [0.2, 0.25) is 5.15 Å². The highest BCUT2D eigenvalue weighted by atomic mass is 35.5. The van der Waals surface area contributed by atoms with Gasteiger partial charge in [-0.05, 0) is 24.1 Å². The summed E-state index contributed by atoms with van der Waals surface area (Å²) in [5.74, 6) is -0.622. The van der Waals surface area contributed by atoms with Crippen LogP contribution in [0.4, 0.5) is 0 Å². The van der Waals surface area contributed by atoms with Crippen molar-refractivity contribution in [1.82, 2.24) is 19.8 Å². The summed E-state index contributed by atoms with van der Waals surface area (Å²) in [6.07, 6.45) is 2.91. The molecule has 9 heteroatoms. The number of nitrogens with one attached hydrogen (secondary N) is 2. The number of amides is 1. The smallest absolute Gasteiger partial charge is 0.244 e. The van der Waals surface area contributed by atoms with Crippen molar-refractivity contribution in [3.8, 4) is 0 Å². The minimum atomic E-state index is -3.51. The first-order chi connectivity index (χ1) is 15.3. The van der Waals surface area contributed by atoms with E-state index in [1.807, 2.05) is 67.6 Å². The maximum atomic E-state index is 12.1. The van der Waals surface area contributed by atoms with Crippen LogP contribution in [0, 0.1) is 6.92 Å². The van der Waals surface area contributed by atoms with Gasteiger partial charge in [0.15, 0.2) is 0 Å². The molecule has 0 spiro atoms. The molecule has 1 aromatic heterocycles. The van der Waals surface area contributed by atoms with Gasteiger partial charge in [0, 0.05) is 24.7 Å². The van der Waals surface area contributed by atoms with E-state index >= 15 is 0 Å². The number of sulfonamides is 1. The average molecular weight is 473 g/mol. The lowest BCUT2D eigenvalue weighted by atomic mass is 10.2. The van der Waals surface area contributed by atoms with E-state index in [0.29, 0.717) is 23.0 Å². The normalized spacial score (nSPS) is 11.7. The maximum absolute atomic E-state index is 12.1. The van der Waals surface area contributed by atoms with Gasteiger partial charge in [-0.25, -0.2) is 17.8 Å². The number of hydrogen-bond donors (Lipinski definition) is 2. The molecule has 32 heavy (non-hydrogen) atoms. The Morgan fingerprint density at radius 2 is 1.69 bits per heavy atom. The highest BCUT2D eigenvalue weighted by Gasteiger charge is 2.13. The Balaban J connectivity index is 1.50. The average Bonchev–Trinajstić information content (AvgIpc) is 3.04. The molecule has 1 amide bonds. The lowest BCUT2D eigenvalue weighted by Gasteiger charge is -2.07. The first-order valence-electron chi connectivity index (χ1n) is 10.1. The fourth-order valence-electron chi connectivity index (χ4n) is 3.01. The lowest BCUT2D eigenvalue weighted by molar-refractivity contribution is -0.116. The topological polar surface area (TPSA) is 93.1 Å². The Morgan fingerprint density at radius 3 is 2.34 bits per heavy atom. The zero-order valence-electron chi connectivity index (χ0n) is 17.7. The number of aromatic nitrogens is 2. The van der Waals surface area contributed by atoms with E-state index in [9.17, 15) is 13.2 Å². The van der Waals surface area contributed by atoms with Gasteiger partial charge in [-0.1, -0.05) is 72.3 Å². The van der Waals surface area contributed by atoms with Crippen LogP contribution < -0.4 is 10.0 Å². The molecular weight excluding hydrogens is 448 g/mol. The third-order valence-corrected chi connectivity index (χ3v) is 6.42. The molecule has 0 saturated heterocycles. The summed E-state index contributed by atoms with van der Waals surface area (Å²) in [6, 6.07) is 19.0. The van der Waals surface area contributed by atoms with Gasteiger partial charge in [0.05, 0.1) is 18.0 Å². The van der Waals surface area contributed by atoms with E-state index in [4.69, 9.17) is 11.6 Å². The van der Waals surface area contributed by atoms with Crippen molar-refractivity contribution < 1.29 is 13.2 Å². The van der Waals surface area contributed by atoms with Crippen LogP contribution in [0.15, 0.2) is 66.7 Å². The summed E-state index contributed by atoms with van der Waals surface area (Å²) in [5.41, 5.74) is 3.27. The minimum Gasteiger partial charge on any atom is -0.351 e. The molecule has 0 fully saturated rings. The number of hydrogen-bond acceptors (Lipinski definition) is 4. The molecule has 0 aliphatic rings. The molecule has 7 nitrogen and oxygen atoms in total. The molecule has 2 aromatic carbocycles. The molecule has 3 aromatic rings. The molecular formula is C23H25ClN4O3S. The Morgan fingerprint density at radius 1 is 1.06 bits per heavy atom. The van der Waals surface area contributed by atoms with Crippen LogP contribution in [-0.2, 0) is 27.9 Å². The Kier molecular flexibility index (Phi) is 8.21. The molecule has 0 unspecified atom stereocenters. The molecule has 0 aliphatic carbocycles. The molecule has 2 N–H and O–H groups in total. The van der Waals surface area contributed by atoms with E-state index in [-0.39, 0.29) is 18.8 Å². The van der Waals surface area contributed by atoms with Gasteiger partial charge >= 0.3 is 0 Å². The van der Waals surface area contributed by atoms with Gasteiger partial charge in [-0.15, -0.1) is 0 Å². The van der Waals surface area contributed by atoms with Crippen LogP contribution in [0.3, 0.4) is 0 Å². The number of carbonyl (C=O) groups excluding carboxylic acids is 1. The van der Waals surface area contributed by atoms with E-state index < -0.39 is 15.9 Å². The third kappa shape index (κ3) is 7.05. The standard InChI is InChI=1S/C23H25ClN4O3S/c1-18-21(23(24)28(27-18)17-20-10-6-3-7-11-20)12-13-22(29)25-14-15-32(30,31)26-16-19-8-4-2-5-9-19/h2-13,26H,14-17H2,1H3,(H,25,29)/b13-12+. The molecule has 0 radical (unpaired) electrons. The molecule has 0 bridgehead atoms. The quantitative estimate of drug-likeness (QED) is 0.443. The molecule has 0 atom stereocenters. The van der Waals surface area contributed by atoms with Gasteiger partial charge in [-0.2, -0.15) is 5.10 Å². The van der Waals surface area contributed by atoms with Crippen molar-refractivity contribution in [1.29, 1.82) is 0 Å². The van der Waals surface area contributed by atoms with E-state index in [1.54, 1.807) is 10.8 Å². The second kappa shape index (κ2) is 11.1. The van der Waals surface area contributed by atoms with Crippen LogP contribution in [0.1, 0.15) is 22.4 Å². The van der Waals surface area contributed by atoms with Gasteiger partial charge in [0.2, 0.25) is 15.9 Å². The van der Waals surface area contributed by atoms with Crippen molar-refractivity contribution in [2.45, 2.75) is 20.0 Å². The fourth-order valence-corrected chi connectivity index (χ4v) is 4.20. The lowest BCUT2D eigenvalue weighted by Crippen LogP contribution is -2.33. The van der Waals surface area contributed by atoms with Crippen molar-refractivity contribution in [3.05, 3.63) is 94.3 Å². The predicted molar refractivity (Wildman–Crippen MR) is 127 cm³/mol. The number of benzene rings is 2. The number of carbonyl (C=O) groups is 1. The molecule has 0 aliphatic heterocycles. The molecule has 1 heterocycles. The highest BCUT2D eigenvalue weighted by Crippen LogP contribution is 2.22. The first-order valence-corrected chi connectivity index (χ1v) is 12.1. The zero-order chi connectivity index (χ0) is 23.0. The Labute approximate surface area is 193 Å². The monoisotopic (exact) mass is 472 g/mol. The fraction of sp³-hybridized carbons (Fsp3) is 0.217. The van der Waals surface area contributed by atoms with Crippen molar-refractivity contribution in [2.24, 2.45) is 0 Å². The number of rotatable bonds is 10. The van der Waals surface area contributed by atoms with Gasteiger partial charge in [-0.3, -0.25) is 4.79 Å². The SMILES string of the molecule is Cc1nn(Cc2ccccc2)c(Cl)c1/C=C/C(=O)NCCS(=O)(=O)NCc1ccccc1. The van der Waals surface area contributed by atoms with E-state index in [0.717, 1.165) is 11.1 Å². The van der Waals surface area contributed by atoms with Crippen LogP contribution in [0.5, 0.6) is 0 Å².